The Morgan fingerprint density at radius 3 is 2.34 bits per heavy atom. The maximum absolute atomic E-state index is 12.9. The average molecular weight is 411 g/mol. The fourth-order valence-corrected chi connectivity index (χ4v) is 5.21. The molecular formula is C22H28F3NO3. The molecule has 0 unspecified atom stereocenters. The molecule has 0 aromatic heterocycles. The molecule has 1 saturated heterocycles. The van der Waals surface area contributed by atoms with Gasteiger partial charge >= 0.3 is 6.18 Å². The predicted octanol–water partition coefficient (Wildman–Crippen LogP) is 4.32. The molecule has 1 aliphatic heterocycles. The first kappa shape index (κ1) is 20.5. The summed E-state index contributed by atoms with van der Waals surface area (Å²) in [6, 6.07) is 3.95. The first-order chi connectivity index (χ1) is 13.5. The highest BCUT2D eigenvalue weighted by molar-refractivity contribution is 5.81. The van der Waals surface area contributed by atoms with Crippen LogP contribution in [0.15, 0.2) is 18.2 Å². The highest BCUT2D eigenvalue weighted by Crippen LogP contribution is 2.47. The largest absolute Gasteiger partial charge is 0.490 e. The molecule has 1 spiro atoms. The minimum Gasteiger partial charge on any atom is -0.490 e. The molecular weight excluding hydrogens is 383 g/mol. The molecule has 1 N–H and O–H groups in total. The van der Waals surface area contributed by atoms with Crippen molar-refractivity contribution in [2.24, 2.45) is 11.3 Å². The number of benzene rings is 1. The lowest BCUT2D eigenvalue weighted by atomic mass is 9.66. The van der Waals surface area contributed by atoms with Crippen molar-refractivity contribution in [3.8, 4) is 5.75 Å². The number of nitrogens with zero attached hydrogens (tertiary/aromatic N) is 1. The van der Waals surface area contributed by atoms with Gasteiger partial charge in [0.15, 0.2) is 0 Å². The zero-order valence-electron chi connectivity index (χ0n) is 16.9. The second-order valence-corrected chi connectivity index (χ2v) is 9.59. The number of amides is 1. The van der Waals surface area contributed by atoms with Gasteiger partial charge in [-0.3, -0.25) is 4.79 Å². The third-order valence-corrected chi connectivity index (χ3v) is 6.89. The Kier molecular flexibility index (Phi) is 4.88. The summed E-state index contributed by atoms with van der Waals surface area (Å²) in [6.07, 6.45) is 0.384. The Balaban J connectivity index is 1.26. The van der Waals surface area contributed by atoms with Crippen LogP contribution in [0.2, 0.25) is 0 Å². The highest BCUT2D eigenvalue weighted by atomic mass is 19.4. The molecule has 0 bridgehead atoms. The molecule has 29 heavy (non-hydrogen) atoms. The molecule has 3 fully saturated rings. The summed E-state index contributed by atoms with van der Waals surface area (Å²) in [5.41, 5.74) is -0.975. The quantitative estimate of drug-likeness (QED) is 0.806. The van der Waals surface area contributed by atoms with Crippen LogP contribution in [-0.2, 0) is 11.0 Å². The van der Waals surface area contributed by atoms with E-state index in [1.807, 2.05) is 4.90 Å². The van der Waals surface area contributed by atoms with E-state index < -0.39 is 17.3 Å². The fourth-order valence-electron chi connectivity index (χ4n) is 5.21. The van der Waals surface area contributed by atoms with Gasteiger partial charge in [-0.2, -0.15) is 13.2 Å². The Hall–Kier alpha value is -1.76. The first-order valence-electron chi connectivity index (χ1n) is 10.3. The van der Waals surface area contributed by atoms with Crippen LogP contribution in [0, 0.1) is 18.3 Å². The number of carbonyl (C=O) groups excluding carboxylic acids is 1. The maximum atomic E-state index is 12.9. The van der Waals surface area contributed by atoms with E-state index in [-0.39, 0.29) is 28.9 Å². The molecule has 0 radical (unpaired) electrons. The Bertz CT molecular complexity index is 781. The van der Waals surface area contributed by atoms with Crippen LogP contribution in [0.5, 0.6) is 5.75 Å². The van der Waals surface area contributed by atoms with E-state index in [1.165, 1.54) is 19.1 Å². The maximum Gasteiger partial charge on any atom is 0.416 e. The second-order valence-electron chi connectivity index (χ2n) is 9.59. The zero-order valence-corrected chi connectivity index (χ0v) is 16.9. The molecule has 1 amide bonds. The number of alkyl halides is 3. The number of aryl methyl sites for hydroxylation is 1. The molecule has 1 aromatic carbocycles. The lowest BCUT2D eigenvalue weighted by Gasteiger charge is -2.55. The minimum absolute atomic E-state index is 0.00300. The first-order valence-corrected chi connectivity index (χ1v) is 10.3. The van der Waals surface area contributed by atoms with Crippen molar-refractivity contribution in [2.45, 2.75) is 70.3 Å². The number of hydrogen-bond donors (Lipinski definition) is 1. The number of hydrogen-bond acceptors (Lipinski definition) is 3. The predicted molar refractivity (Wildman–Crippen MR) is 101 cm³/mol. The highest BCUT2D eigenvalue weighted by Gasteiger charge is 2.51. The van der Waals surface area contributed by atoms with Crippen LogP contribution in [0.3, 0.4) is 0 Å². The lowest BCUT2D eigenvalue weighted by Crippen LogP contribution is -2.63. The van der Waals surface area contributed by atoms with Crippen LogP contribution in [0.25, 0.3) is 0 Å². The molecule has 1 heterocycles. The van der Waals surface area contributed by atoms with Crippen molar-refractivity contribution in [1.29, 1.82) is 0 Å². The standard InChI is InChI=1S/C22H28F3NO3/c1-14-9-17(3-4-18(14)22(23,24)25)29-16-5-7-21(8-6-16)12-26(13-21)19(27)15-10-20(2,28)11-15/h3-4,9,15-16,28H,5-8,10-13H2,1-2H3. The number of ether oxygens (including phenoxy) is 1. The minimum atomic E-state index is -4.34. The SMILES string of the molecule is Cc1cc(OC2CCC3(CC2)CN(C(=O)C2CC(C)(O)C2)C3)ccc1C(F)(F)F. The van der Waals surface area contributed by atoms with Crippen molar-refractivity contribution in [3.63, 3.8) is 0 Å². The van der Waals surface area contributed by atoms with E-state index in [1.54, 1.807) is 6.92 Å². The number of likely N-dealkylation sites (tertiary alicyclic amines) is 1. The summed E-state index contributed by atoms with van der Waals surface area (Å²) in [6.45, 7) is 4.77. The van der Waals surface area contributed by atoms with Gasteiger partial charge in [0.25, 0.3) is 0 Å². The zero-order chi connectivity index (χ0) is 21.0. The average Bonchev–Trinajstić information content (AvgIpc) is 2.57. The van der Waals surface area contributed by atoms with Crippen molar-refractivity contribution in [2.75, 3.05) is 13.1 Å². The molecule has 2 aliphatic carbocycles. The molecule has 4 rings (SSSR count). The van der Waals surface area contributed by atoms with Crippen LogP contribution in [0.1, 0.15) is 56.6 Å². The van der Waals surface area contributed by atoms with Gasteiger partial charge in [0, 0.05) is 24.4 Å². The third-order valence-electron chi connectivity index (χ3n) is 6.89. The number of carbonyl (C=O) groups is 1. The summed E-state index contributed by atoms with van der Waals surface area (Å²) < 4.78 is 44.6. The van der Waals surface area contributed by atoms with Gasteiger partial charge in [-0.25, -0.2) is 0 Å². The number of aliphatic hydroxyl groups is 1. The van der Waals surface area contributed by atoms with Crippen LogP contribution in [-0.4, -0.2) is 40.7 Å². The molecule has 160 valence electrons. The van der Waals surface area contributed by atoms with Gasteiger partial charge in [-0.1, -0.05) is 0 Å². The van der Waals surface area contributed by atoms with Gasteiger partial charge in [0.05, 0.1) is 17.3 Å². The summed E-state index contributed by atoms with van der Waals surface area (Å²) in [7, 11) is 0. The van der Waals surface area contributed by atoms with Gasteiger partial charge in [0.2, 0.25) is 5.91 Å². The smallest absolute Gasteiger partial charge is 0.416 e. The van der Waals surface area contributed by atoms with Gasteiger partial charge in [-0.05, 0) is 76.1 Å². The fraction of sp³-hybridized carbons (Fsp3) is 0.682. The summed E-state index contributed by atoms with van der Waals surface area (Å²) >= 11 is 0. The Morgan fingerprint density at radius 2 is 1.83 bits per heavy atom. The summed E-state index contributed by atoms with van der Waals surface area (Å²) in [4.78, 5) is 14.4. The van der Waals surface area contributed by atoms with E-state index in [0.717, 1.165) is 44.8 Å². The van der Waals surface area contributed by atoms with Crippen molar-refractivity contribution >= 4 is 5.91 Å². The number of halogens is 3. The van der Waals surface area contributed by atoms with E-state index in [0.29, 0.717) is 18.6 Å². The van der Waals surface area contributed by atoms with Crippen LogP contribution in [0.4, 0.5) is 13.2 Å². The molecule has 1 aromatic rings. The van der Waals surface area contributed by atoms with Gasteiger partial charge in [0.1, 0.15) is 5.75 Å². The van der Waals surface area contributed by atoms with Crippen molar-refractivity contribution in [3.05, 3.63) is 29.3 Å². The monoisotopic (exact) mass is 411 g/mol. The second kappa shape index (κ2) is 6.89. The number of rotatable bonds is 3. The molecule has 2 saturated carbocycles. The van der Waals surface area contributed by atoms with Crippen LogP contribution >= 0.6 is 0 Å². The topological polar surface area (TPSA) is 49.8 Å². The Morgan fingerprint density at radius 1 is 1.21 bits per heavy atom. The molecule has 0 atom stereocenters. The van der Waals surface area contributed by atoms with Crippen molar-refractivity contribution < 1.29 is 27.8 Å². The van der Waals surface area contributed by atoms with Gasteiger partial charge in [-0.15, -0.1) is 0 Å². The van der Waals surface area contributed by atoms with Crippen molar-refractivity contribution in [1.82, 2.24) is 4.90 Å². The van der Waals surface area contributed by atoms with E-state index >= 15 is 0 Å². The molecule has 7 heteroatoms. The summed E-state index contributed by atoms with van der Waals surface area (Å²) in [5, 5.41) is 9.83. The Labute approximate surface area is 169 Å². The summed E-state index contributed by atoms with van der Waals surface area (Å²) in [5.74, 6) is 0.615. The lowest BCUT2D eigenvalue weighted by molar-refractivity contribution is -0.164. The van der Waals surface area contributed by atoms with E-state index in [4.69, 9.17) is 4.74 Å². The third kappa shape index (κ3) is 4.11. The van der Waals surface area contributed by atoms with Gasteiger partial charge < -0.3 is 14.7 Å². The van der Waals surface area contributed by atoms with E-state index in [2.05, 4.69) is 0 Å². The van der Waals surface area contributed by atoms with Crippen LogP contribution < -0.4 is 4.74 Å². The molecule has 4 nitrogen and oxygen atoms in total. The molecule has 3 aliphatic rings. The van der Waals surface area contributed by atoms with E-state index in [9.17, 15) is 23.1 Å². The normalized spacial score (nSPS) is 29.3.